The fourth-order valence-electron chi connectivity index (χ4n) is 5.88. The van der Waals surface area contributed by atoms with Gasteiger partial charge in [-0.2, -0.15) is 0 Å². The number of rotatable bonds is 6. The summed E-state index contributed by atoms with van der Waals surface area (Å²) in [4.78, 5) is 43.1. The molecule has 0 bridgehead atoms. The van der Waals surface area contributed by atoms with E-state index in [1.807, 2.05) is 0 Å². The molecule has 5 rings (SSSR count). The highest BCUT2D eigenvalue weighted by Crippen LogP contribution is 2.65. The van der Waals surface area contributed by atoms with Crippen molar-refractivity contribution in [1.29, 1.82) is 0 Å². The van der Waals surface area contributed by atoms with Gasteiger partial charge in [-0.05, 0) is 42.2 Å². The highest BCUT2D eigenvalue weighted by atomic mass is 35.5. The third kappa shape index (κ3) is 3.65. The number of aliphatic hydroxyl groups excluding tert-OH is 1. The second-order valence-electron chi connectivity index (χ2n) is 10.3. The van der Waals surface area contributed by atoms with E-state index in [4.69, 9.17) is 11.6 Å². The predicted molar refractivity (Wildman–Crippen MR) is 124 cm³/mol. The quantitative estimate of drug-likeness (QED) is 0.496. The minimum Gasteiger partial charge on any atom is -0.394 e. The number of aromatic amines is 1. The van der Waals surface area contributed by atoms with Crippen LogP contribution in [-0.2, 0) is 9.59 Å². The van der Waals surface area contributed by atoms with Crippen molar-refractivity contribution in [2.24, 2.45) is 23.2 Å². The average molecular weight is 491 g/mol. The van der Waals surface area contributed by atoms with Crippen LogP contribution in [0.25, 0.3) is 10.9 Å². The van der Waals surface area contributed by atoms with Crippen LogP contribution >= 0.6 is 11.6 Å². The molecular weight excluding hydrogens is 463 g/mol. The molecule has 8 nitrogen and oxygen atoms in total. The van der Waals surface area contributed by atoms with Gasteiger partial charge in [0.2, 0.25) is 11.8 Å². The summed E-state index contributed by atoms with van der Waals surface area (Å²) in [6, 6.07) is 3.34. The summed E-state index contributed by atoms with van der Waals surface area (Å²) < 4.78 is 14.4. The lowest BCUT2D eigenvalue weighted by Gasteiger charge is -2.31. The number of carbonyl (C=O) groups is 3. The highest BCUT2D eigenvalue weighted by Gasteiger charge is 2.69. The molecule has 34 heavy (non-hydrogen) atoms. The standard InChI is InChI=1S/C24H28ClFN4O4/c1-24(2)14-9-30(23(34)16-8-11-3-4-15(25)18(26)19(11)29-16)20(17(14)24)22(33)28-13(10-31)7-12-5-6-27-21(12)32/h3-4,8,12-14,17,20,29,31H,5-7,9-10H2,1-2H3,(H,27,32)(H,28,33)/t12-,13-,14-,17-,20-/m0/s1. The Morgan fingerprint density at radius 1 is 1.38 bits per heavy atom. The highest BCUT2D eigenvalue weighted by molar-refractivity contribution is 6.31. The molecule has 3 fully saturated rings. The zero-order valence-electron chi connectivity index (χ0n) is 19.0. The number of benzene rings is 1. The van der Waals surface area contributed by atoms with Crippen molar-refractivity contribution >= 4 is 40.2 Å². The Morgan fingerprint density at radius 2 is 2.15 bits per heavy atom. The molecule has 5 atom stereocenters. The molecule has 1 aliphatic carbocycles. The van der Waals surface area contributed by atoms with E-state index in [2.05, 4.69) is 29.5 Å². The summed E-state index contributed by atoms with van der Waals surface area (Å²) in [7, 11) is 0. The minimum absolute atomic E-state index is 0.0128. The van der Waals surface area contributed by atoms with Crippen LogP contribution in [0.1, 0.15) is 37.2 Å². The van der Waals surface area contributed by atoms with Crippen LogP contribution < -0.4 is 10.6 Å². The zero-order valence-corrected chi connectivity index (χ0v) is 19.8. The Hall–Kier alpha value is -2.65. The first-order valence-corrected chi connectivity index (χ1v) is 12.0. The maximum absolute atomic E-state index is 14.4. The first-order valence-electron chi connectivity index (χ1n) is 11.6. The molecule has 0 spiro atoms. The molecule has 1 saturated carbocycles. The molecule has 182 valence electrons. The number of likely N-dealkylation sites (tertiary alicyclic amines) is 1. The molecule has 3 heterocycles. The van der Waals surface area contributed by atoms with Crippen molar-refractivity contribution in [2.75, 3.05) is 19.7 Å². The van der Waals surface area contributed by atoms with Gasteiger partial charge in [0.1, 0.15) is 11.7 Å². The van der Waals surface area contributed by atoms with E-state index in [0.717, 1.165) is 0 Å². The van der Waals surface area contributed by atoms with Gasteiger partial charge < -0.3 is 25.6 Å². The molecule has 4 N–H and O–H groups in total. The Bertz CT molecular complexity index is 1180. The number of aliphatic hydroxyl groups is 1. The van der Waals surface area contributed by atoms with E-state index in [-0.39, 0.29) is 63.7 Å². The van der Waals surface area contributed by atoms with Crippen molar-refractivity contribution in [1.82, 2.24) is 20.5 Å². The van der Waals surface area contributed by atoms with Gasteiger partial charge in [0.25, 0.3) is 5.91 Å². The lowest BCUT2D eigenvalue weighted by molar-refractivity contribution is -0.128. The third-order valence-electron chi connectivity index (χ3n) is 7.95. The van der Waals surface area contributed by atoms with Crippen LogP contribution in [0, 0.1) is 29.0 Å². The van der Waals surface area contributed by atoms with Gasteiger partial charge >= 0.3 is 0 Å². The van der Waals surface area contributed by atoms with Crippen molar-refractivity contribution in [3.05, 3.63) is 34.7 Å². The van der Waals surface area contributed by atoms with Crippen molar-refractivity contribution in [2.45, 2.75) is 38.8 Å². The van der Waals surface area contributed by atoms with Crippen LogP contribution in [0.5, 0.6) is 0 Å². The SMILES string of the molecule is CC1(C)[C@@H]2[C@@H](C(=O)N[C@H](CO)C[C@@H]3CCNC3=O)N(C(=O)c3cc4ccc(Cl)c(F)c4[nH]3)C[C@@H]21. The monoisotopic (exact) mass is 490 g/mol. The first-order chi connectivity index (χ1) is 16.1. The Labute approximate surface area is 201 Å². The summed E-state index contributed by atoms with van der Waals surface area (Å²) in [5.41, 5.74) is 0.255. The van der Waals surface area contributed by atoms with Gasteiger partial charge in [-0.15, -0.1) is 0 Å². The number of nitrogens with zero attached hydrogens (tertiary/aromatic N) is 1. The van der Waals surface area contributed by atoms with Crippen LogP contribution in [0.2, 0.25) is 5.02 Å². The molecule has 2 aliphatic heterocycles. The lowest BCUT2D eigenvalue weighted by Crippen LogP contribution is -2.53. The van der Waals surface area contributed by atoms with Crippen LogP contribution in [-0.4, -0.2) is 64.5 Å². The smallest absolute Gasteiger partial charge is 0.271 e. The predicted octanol–water partition coefficient (Wildman–Crippen LogP) is 2.06. The number of H-pyrrole nitrogens is 1. The topological polar surface area (TPSA) is 115 Å². The molecule has 2 aromatic rings. The molecule has 10 heteroatoms. The summed E-state index contributed by atoms with van der Waals surface area (Å²) in [6.07, 6.45) is 1.01. The van der Waals surface area contributed by atoms with Crippen LogP contribution in [0.15, 0.2) is 18.2 Å². The van der Waals surface area contributed by atoms with Crippen LogP contribution in [0.3, 0.4) is 0 Å². The van der Waals surface area contributed by atoms with Crippen molar-refractivity contribution in [3.8, 4) is 0 Å². The van der Waals surface area contributed by atoms with E-state index >= 15 is 0 Å². The Morgan fingerprint density at radius 3 is 2.82 bits per heavy atom. The fraction of sp³-hybridized carbons (Fsp3) is 0.542. The summed E-state index contributed by atoms with van der Waals surface area (Å²) in [5, 5.41) is 16.0. The lowest BCUT2D eigenvalue weighted by atomic mass is 9.97. The average Bonchev–Trinajstić information content (AvgIpc) is 3.31. The summed E-state index contributed by atoms with van der Waals surface area (Å²) in [5.74, 6) is -1.51. The number of hydrogen-bond acceptors (Lipinski definition) is 4. The second kappa shape index (κ2) is 8.23. The van der Waals surface area contributed by atoms with Crippen molar-refractivity contribution in [3.63, 3.8) is 0 Å². The fourth-order valence-corrected chi connectivity index (χ4v) is 6.04. The van der Waals surface area contributed by atoms with Gasteiger partial charge in [-0.3, -0.25) is 14.4 Å². The van der Waals surface area contributed by atoms with E-state index in [9.17, 15) is 23.9 Å². The molecular formula is C24H28ClFN4O4. The maximum Gasteiger partial charge on any atom is 0.271 e. The maximum atomic E-state index is 14.4. The van der Waals surface area contributed by atoms with E-state index in [1.54, 1.807) is 12.1 Å². The second-order valence-corrected chi connectivity index (χ2v) is 10.7. The van der Waals surface area contributed by atoms with Gasteiger partial charge in [-0.25, -0.2) is 4.39 Å². The summed E-state index contributed by atoms with van der Waals surface area (Å²) >= 11 is 5.87. The van der Waals surface area contributed by atoms with E-state index in [0.29, 0.717) is 31.3 Å². The number of aromatic nitrogens is 1. The largest absolute Gasteiger partial charge is 0.394 e. The van der Waals surface area contributed by atoms with E-state index < -0.39 is 17.9 Å². The zero-order chi connectivity index (χ0) is 24.4. The number of amides is 3. The number of nitrogens with one attached hydrogen (secondary N) is 3. The van der Waals surface area contributed by atoms with E-state index in [1.165, 1.54) is 11.0 Å². The molecule has 3 amide bonds. The number of fused-ring (bicyclic) bond motifs is 2. The third-order valence-corrected chi connectivity index (χ3v) is 8.25. The number of halogens is 2. The number of hydrogen-bond donors (Lipinski definition) is 4. The minimum atomic E-state index is -0.709. The normalized spacial score (nSPS) is 28.0. The Balaban J connectivity index is 1.37. The molecule has 0 radical (unpaired) electrons. The first kappa shape index (κ1) is 23.1. The molecule has 3 aliphatic rings. The Kier molecular flexibility index (Phi) is 5.60. The van der Waals surface area contributed by atoms with Crippen LogP contribution in [0.4, 0.5) is 4.39 Å². The summed E-state index contributed by atoms with van der Waals surface area (Å²) in [6.45, 7) is 4.88. The van der Waals surface area contributed by atoms with Crippen molar-refractivity contribution < 1.29 is 23.9 Å². The number of piperidine rings is 1. The molecule has 2 saturated heterocycles. The van der Waals surface area contributed by atoms with Gasteiger partial charge in [-0.1, -0.05) is 31.5 Å². The molecule has 0 unspecified atom stereocenters. The van der Waals surface area contributed by atoms with Gasteiger partial charge in [0, 0.05) is 24.4 Å². The van der Waals surface area contributed by atoms with Gasteiger partial charge in [0.15, 0.2) is 5.82 Å². The number of carbonyl (C=O) groups excluding carboxylic acids is 3. The molecule has 1 aromatic heterocycles. The molecule has 1 aromatic carbocycles. The van der Waals surface area contributed by atoms with Gasteiger partial charge in [0.05, 0.1) is 23.2 Å².